The van der Waals surface area contributed by atoms with Gasteiger partial charge in [-0.15, -0.1) is 0 Å². The molecule has 0 amide bonds. The van der Waals surface area contributed by atoms with Gasteiger partial charge < -0.3 is 9.46 Å². The lowest BCUT2D eigenvalue weighted by Crippen LogP contribution is -2.44. The summed E-state index contributed by atoms with van der Waals surface area (Å²) in [6, 6.07) is 14.7. The van der Waals surface area contributed by atoms with Crippen molar-refractivity contribution < 1.29 is 4.57 Å². The Morgan fingerprint density at radius 1 is 1.17 bits per heavy atom. The van der Waals surface area contributed by atoms with E-state index in [1.54, 1.807) is 6.20 Å². The molecule has 1 aliphatic heterocycles. The molecule has 128 valence electrons. The fourth-order valence-corrected chi connectivity index (χ4v) is 4.37. The second-order valence-electron chi connectivity index (χ2n) is 7.87. The molecule has 4 heteroatoms. The molecule has 3 nitrogen and oxygen atoms in total. The van der Waals surface area contributed by atoms with Crippen LogP contribution in [0.2, 0.25) is 0 Å². The molecule has 0 radical (unpaired) electrons. The van der Waals surface area contributed by atoms with Gasteiger partial charge in [-0.05, 0) is 42.9 Å². The van der Waals surface area contributed by atoms with Gasteiger partial charge >= 0.3 is 0 Å². The van der Waals surface area contributed by atoms with Crippen LogP contribution in [0.25, 0.3) is 0 Å². The highest BCUT2D eigenvalue weighted by Crippen LogP contribution is 2.43. The van der Waals surface area contributed by atoms with Crippen LogP contribution >= 0.6 is 7.14 Å². The number of benzene rings is 1. The Kier molecular flexibility index (Phi) is 4.57. The van der Waals surface area contributed by atoms with Crippen LogP contribution in [0.15, 0.2) is 48.7 Å². The molecule has 0 aliphatic carbocycles. The first-order valence-electron chi connectivity index (χ1n) is 8.59. The molecule has 0 N–H and O–H groups in total. The molecule has 1 unspecified atom stereocenters. The molecule has 0 spiro atoms. The minimum absolute atomic E-state index is 0.264. The van der Waals surface area contributed by atoms with Crippen molar-refractivity contribution >= 4 is 18.3 Å². The maximum absolute atomic E-state index is 12.4. The molecule has 1 aromatic heterocycles. The highest BCUT2D eigenvalue weighted by atomic mass is 31.2. The van der Waals surface area contributed by atoms with Crippen LogP contribution in [0.5, 0.6) is 0 Å². The summed E-state index contributed by atoms with van der Waals surface area (Å²) in [5.41, 5.74) is 1.65. The molecule has 3 rings (SSSR count). The third-order valence-electron chi connectivity index (χ3n) is 5.25. The normalized spacial score (nSPS) is 20.8. The number of pyridine rings is 1. The summed E-state index contributed by atoms with van der Waals surface area (Å²) in [6.07, 6.45) is 2.91. The van der Waals surface area contributed by atoms with Crippen LogP contribution in [-0.4, -0.2) is 31.4 Å². The summed E-state index contributed by atoms with van der Waals surface area (Å²) in [5.74, 6) is 1.42. The summed E-state index contributed by atoms with van der Waals surface area (Å²) in [7, 11) is -2.26. The topological polar surface area (TPSA) is 33.2 Å². The fourth-order valence-electron chi connectivity index (χ4n) is 3.52. The van der Waals surface area contributed by atoms with Crippen LogP contribution in [0.3, 0.4) is 0 Å². The summed E-state index contributed by atoms with van der Waals surface area (Å²) in [4.78, 5) is 6.91. The number of nitrogens with zero attached hydrogens (tertiary/aromatic N) is 2. The van der Waals surface area contributed by atoms with Gasteiger partial charge in [0.2, 0.25) is 0 Å². The van der Waals surface area contributed by atoms with E-state index in [1.165, 1.54) is 5.56 Å². The van der Waals surface area contributed by atoms with Crippen LogP contribution in [0, 0.1) is 5.41 Å². The van der Waals surface area contributed by atoms with E-state index >= 15 is 0 Å². The molecule has 0 bridgehead atoms. The average Bonchev–Trinajstić information content (AvgIpc) is 2.55. The van der Waals surface area contributed by atoms with E-state index in [9.17, 15) is 4.57 Å². The largest absolute Gasteiger partial charge is 0.356 e. The Bertz CT molecular complexity index is 751. The van der Waals surface area contributed by atoms with Gasteiger partial charge in [0.1, 0.15) is 13.0 Å². The predicted molar refractivity (Wildman–Crippen MR) is 103 cm³/mol. The molecule has 24 heavy (non-hydrogen) atoms. The van der Waals surface area contributed by atoms with Gasteiger partial charge in [0.25, 0.3) is 0 Å². The molecule has 1 aliphatic rings. The van der Waals surface area contributed by atoms with Gasteiger partial charge in [-0.1, -0.05) is 44.2 Å². The quantitative estimate of drug-likeness (QED) is 0.778. The monoisotopic (exact) mass is 342 g/mol. The van der Waals surface area contributed by atoms with Gasteiger partial charge in [0, 0.05) is 30.5 Å². The smallest absolute Gasteiger partial charge is 0.129 e. The third-order valence-corrected chi connectivity index (χ3v) is 6.77. The molecule has 2 aromatic rings. The number of hydrogen-bond acceptors (Lipinski definition) is 3. The predicted octanol–water partition coefficient (Wildman–Crippen LogP) is 4.35. The van der Waals surface area contributed by atoms with Crippen molar-refractivity contribution in [3.05, 3.63) is 54.2 Å². The molecule has 1 aromatic carbocycles. The molecular weight excluding hydrogens is 315 g/mol. The second-order valence-corrected chi connectivity index (χ2v) is 11.1. The van der Waals surface area contributed by atoms with Crippen molar-refractivity contribution in [2.24, 2.45) is 5.41 Å². The molecular formula is C20H27N2OP. The van der Waals surface area contributed by atoms with Gasteiger partial charge in [0.05, 0.1) is 0 Å². The zero-order chi connectivity index (χ0) is 17.4. The summed E-state index contributed by atoms with van der Waals surface area (Å²) in [6.45, 7) is 10.3. The van der Waals surface area contributed by atoms with Crippen molar-refractivity contribution in [1.29, 1.82) is 0 Å². The Morgan fingerprint density at radius 2 is 1.88 bits per heavy atom. The Hall–Kier alpha value is -1.60. The molecule has 1 fully saturated rings. The molecule has 1 saturated heterocycles. The summed E-state index contributed by atoms with van der Waals surface area (Å²) < 4.78 is 12.4. The van der Waals surface area contributed by atoms with E-state index in [4.69, 9.17) is 0 Å². The summed E-state index contributed by atoms with van der Waals surface area (Å²) >= 11 is 0. The van der Waals surface area contributed by atoms with E-state index < -0.39 is 7.14 Å². The lowest BCUT2D eigenvalue weighted by Gasteiger charge is -2.45. The van der Waals surface area contributed by atoms with Crippen molar-refractivity contribution in [3.63, 3.8) is 0 Å². The molecule has 1 atom stereocenters. The second kappa shape index (κ2) is 6.37. The minimum Gasteiger partial charge on any atom is -0.356 e. The van der Waals surface area contributed by atoms with Crippen LogP contribution in [0.4, 0.5) is 5.82 Å². The van der Waals surface area contributed by atoms with Crippen molar-refractivity contribution in [1.82, 2.24) is 4.98 Å². The minimum atomic E-state index is -2.26. The standard InChI is InChI=1S/C20H27N2OP/c1-20(2)11-13-22(15-18(20)16-8-6-5-7-9-16)19-14-17(10-12-21-19)24(3,4)23/h5-10,12,14,18H,11,13,15H2,1-4H3. The zero-order valence-electron chi connectivity index (χ0n) is 15.1. The summed E-state index contributed by atoms with van der Waals surface area (Å²) in [5, 5.41) is 0.911. The van der Waals surface area contributed by atoms with Crippen LogP contribution in [-0.2, 0) is 4.57 Å². The number of aromatic nitrogens is 1. The first-order chi connectivity index (χ1) is 11.3. The van der Waals surface area contributed by atoms with E-state index in [0.29, 0.717) is 5.92 Å². The van der Waals surface area contributed by atoms with Crippen LogP contribution in [0.1, 0.15) is 31.7 Å². The first kappa shape index (κ1) is 17.2. The Morgan fingerprint density at radius 3 is 2.54 bits per heavy atom. The van der Waals surface area contributed by atoms with Gasteiger partial charge in [-0.2, -0.15) is 0 Å². The van der Waals surface area contributed by atoms with Gasteiger partial charge in [-0.3, -0.25) is 0 Å². The maximum atomic E-state index is 12.4. The number of hydrogen-bond donors (Lipinski definition) is 0. The fraction of sp³-hybridized carbons (Fsp3) is 0.450. The SMILES string of the molecule is CC1(C)CCN(c2cc(P(C)(C)=O)ccn2)CC1c1ccccc1. The highest BCUT2D eigenvalue weighted by molar-refractivity contribution is 7.70. The van der Waals surface area contributed by atoms with E-state index in [-0.39, 0.29) is 5.41 Å². The number of rotatable bonds is 3. The molecule has 0 saturated carbocycles. The van der Waals surface area contributed by atoms with Crippen molar-refractivity contribution in [2.45, 2.75) is 26.2 Å². The lowest BCUT2D eigenvalue weighted by atomic mass is 9.70. The van der Waals surface area contributed by atoms with E-state index in [2.05, 4.69) is 54.1 Å². The Balaban J connectivity index is 1.90. The Labute approximate surface area is 145 Å². The van der Waals surface area contributed by atoms with E-state index in [1.807, 2.05) is 25.5 Å². The highest BCUT2D eigenvalue weighted by Gasteiger charge is 2.36. The zero-order valence-corrected chi connectivity index (χ0v) is 16.0. The number of piperidine rings is 1. The lowest BCUT2D eigenvalue weighted by molar-refractivity contribution is 0.233. The van der Waals surface area contributed by atoms with Gasteiger partial charge in [0.15, 0.2) is 0 Å². The van der Waals surface area contributed by atoms with Crippen molar-refractivity contribution in [3.8, 4) is 0 Å². The van der Waals surface area contributed by atoms with Crippen LogP contribution < -0.4 is 10.2 Å². The molecule has 2 heterocycles. The third kappa shape index (κ3) is 3.57. The maximum Gasteiger partial charge on any atom is 0.129 e. The van der Waals surface area contributed by atoms with Gasteiger partial charge in [-0.25, -0.2) is 4.98 Å². The van der Waals surface area contributed by atoms with Crippen molar-refractivity contribution in [2.75, 3.05) is 31.3 Å². The average molecular weight is 342 g/mol. The number of anilines is 1. The first-order valence-corrected chi connectivity index (χ1v) is 11.2. The van der Waals surface area contributed by atoms with E-state index in [0.717, 1.165) is 30.6 Å².